The molecule has 0 aliphatic heterocycles. The van der Waals surface area contributed by atoms with Crippen LogP contribution in [0.4, 0.5) is 0 Å². The summed E-state index contributed by atoms with van der Waals surface area (Å²) >= 11 is 0. The predicted octanol–water partition coefficient (Wildman–Crippen LogP) is 22.1. The van der Waals surface area contributed by atoms with Crippen molar-refractivity contribution in [2.75, 3.05) is 0 Å². The number of rotatable bonds is 10. The largest absolute Gasteiger partial charge is 0.309 e. The van der Waals surface area contributed by atoms with E-state index in [0.717, 1.165) is 89.3 Å². The Morgan fingerprint density at radius 3 is 0.906 bits per heavy atom. The lowest BCUT2D eigenvalue weighted by molar-refractivity contribution is 1.07. The van der Waals surface area contributed by atoms with Crippen molar-refractivity contribution in [3.63, 3.8) is 0 Å². The van der Waals surface area contributed by atoms with Gasteiger partial charge in [-0.2, -0.15) is 5.26 Å². The van der Waals surface area contributed by atoms with Gasteiger partial charge in [0.2, 0.25) is 0 Å². The van der Waals surface area contributed by atoms with Crippen molar-refractivity contribution >= 4 is 87.2 Å². The van der Waals surface area contributed by atoms with Crippen molar-refractivity contribution < 1.29 is 0 Å². The molecule has 446 valence electrons. The van der Waals surface area contributed by atoms with Crippen LogP contribution in [0.5, 0.6) is 0 Å². The molecule has 96 heavy (non-hydrogen) atoms. The summed E-state index contributed by atoms with van der Waals surface area (Å²) in [5.41, 5.74) is 23.2. The number of fused-ring (bicyclic) bond motifs is 12. The first-order valence-corrected chi connectivity index (χ1v) is 32.4. The first kappa shape index (κ1) is 54.5. The highest BCUT2D eigenvalue weighted by atomic mass is 15.0. The molecule has 14 aromatic carbocycles. The van der Waals surface area contributed by atoms with Gasteiger partial charge >= 0.3 is 0 Å². The summed E-state index contributed by atoms with van der Waals surface area (Å²) in [6.45, 7) is 0. The zero-order chi connectivity index (χ0) is 63.4. The molecule has 5 aromatic heterocycles. The average Bonchev–Trinajstić information content (AvgIpc) is 1.61. The van der Waals surface area contributed by atoms with Gasteiger partial charge in [-0.25, -0.2) is 15.0 Å². The zero-order valence-corrected chi connectivity index (χ0v) is 51.8. The molecule has 0 bridgehead atoms. The van der Waals surface area contributed by atoms with Gasteiger partial charge in [0.05, 0.1) is 55.8 Å². The van der Waals surface area contributed by atoms with Crippen LogP contribution < -0.4 is 0 Å². The Labute approximate surface area is 552 Å². The molecule has 0 radical (unpaired) electrons. The maximum atomic E-state index is 9.72. The number of nitrogens with zero attached hydrogens (tertiary/aromatic N) is 8. The monoisotopic (exact) mass is 1220 g/mol. The van der Waals surface area contributed by atoms with Crippen molar-refractivity contribution in [1.82, 2.24) is 33.2 Å². The highest BCUT2D eigenvalue weighted by molar-refractivity contribution is 6.15. The van der Waals surface area contributed by atoms with E-state index in [1.165, 1.54) is 70.7 Å². The third-order valence-electron chi connectivity index (χ3n) is 19.2. The molecule has 0 fully saturated rings. The molecule has 0 atom stereocenters. The Hall–Kier alpha value is -13.2. The van der Waals surface area contributed by atoms with Crippen LogP contribution >= 0.6 is 0 Å². The minimum atomic E-state index is 0.549. The second kappa shape index (κ2) is 22.0. The molecule has 8 heteroatoms. The van der Waals surface area contributed by atoms with Gasteiger partial charge in [-0.3, -0.25) is 0 Å². The van der Waals surface area contributed by atoms with E-state index < -0.39 is 0 Å². The number of hydrogen-bond acceptors (Lipinski definition) is 4. The Bertz CT molecular complexity index is 6380. The van der Waals surface area contributed by atoms with Gasteiger partial charge in [-0.1, -0.05) is 182 Å². The molecule has 5 heterocycles. The summed E-state index contributed by atoms with van der Waals surface area (Å²) in [7, 11) is 0. The average molecular weight is 1220 g/mol. The third kappa shape index (κ3) is 8.87. The summed E-state index contributed by atoms with van der Waals surface area (Å²) in [5.74, 6) is 1.66. The number of para-hydroxylation sites is 6. The Kier molecular flexibility index (Phi) is 12.5. The highest BCUT2D eigenvalue weighted by Crippen LogP contribution is 2.42. The molecule has 0 N–H and O–H groups in total. The SMILES string of the molecule is N#Cc1cccc(-c2ccc(-c3nc(-c4ccc(-n5c6ccccc6c6cc(-c7ccc8c(c7)c7ccccc7n8-c7ccccc7)ccc65)cc4)nc(-c4cccc(-n5c6ccccc6c6cc(-c7ccc8c(c7)c7ccccc7n8-c7ccccc7)ccc65)c4)n3)cc2)c1. The number of benzene rings is 14. The van der Waals surface area contributed by atoms with Crippen LogP contribution in [0, 0.1) is 11.3 Å². The van der Waals surface area contributed by atoms with Crippen molar-refractivity contribution in [3.05, 3.63) is 333 Å². The quantitative estimate of drug-likeness (QED) is 0.137. The number of nitriles is 1. The molecule has 19 aromatic rings. The van der Waals surface area contributed by atoms with Crippen LogP contribution in [-0.4, -0.2) is 33.2 Å². The topological polar surface area (TPSA) is 82.2 Å². The summed E-state index contributed by atoms with van der Waals surface area (Å²) in [6.07, 6.45) is 0. The van der Waals surface area contributed by atoms with Gasteiger partial charge in [0.15, 0.2) is 17.5 Å². The van der Waals surface area contributed by atoms with Gasteiger partial charge < -0.3 is 18.3 Å². The third-order valence-corrected chi connectivity index (χ3v) is 19.2. The van der Waals surface area contributed by atoms with Gasteiger partial charge in [-0.15, -0.1) is 0 Å². The lowest BCUT2D eigenvalue weighted by atomic mass is 10.0. The fourth-order valence-corrected chi connectivity index (χ4v) is 14.8. The second-order valence-corrected chi connectivity index (χ2v) is 24.7. The highest BCUT2D eigenvalue weighted by Gasteiger charge is 2.21. The van der Waals surface area contributed by atoms with E-state index in [-0.39, 0.29) is 0 Å². The molecular weight excluding hydrogens is 1170 g/mol. The van der Waals surface area contributed by atoms with E-state index in [0.29, 0.717) is 23.0 Å². The number of hydrogen-bond donors (Lipinski definition) is 0. The molecular formula is C88H54N8. The van der Waals surface area contributed by atoms with Crippen molar-refractivity contribution in [3.8, 4) is 96.4 Å². The Balaban J connectivity index is 0.699. The molecule has 0 saturated heterocycles. The molecule has 0 amide bonds. The van der Waals surface area contributed by atoms with Crippen LogP contribution in [0.1, 0.15) is 5.56 Å². The second-order valence-electron chi connectivity index (χ2n) is 24.7. The van der Waals surface area contributed by atoms with Gasteiger partial charge in [0.25, 0.3) is 0 Å². The molecule has 0 spiro atoms. The van der Waals surface area contributed by atoms with E-state index in [2.05, 4.69) is 328 Å². The maximum Gasteiger partial charge on any atom is 0.164 e. The van der Waals surface area contributed by atoms with Crippen molar-refractivity contribution in [1.29, 1.82) is 5.26 Å². The minimum Gasteiger partial charge on any atom is -0.309 e. The van der Waals surface area contributed by atoms with Crippen molar-refractivity contribution in [2.45, 2.75) is 0 Å². The maximum absolute atomic E-state index is 9.72. The minimum absolute atomic E-state index is 0.549. The van der Waals surface area contributed by atoms with E-state index in [4.69, 9.17) is 15.0 Å². The Morgan fingerprint density at radius 1 is 0.198 bits per heavy atom. The van der Waals surface area contributed by atoms with Crippen molar-refractivity contribution in [2.24, 2.45) is 0 Å². The van der Waals surface area contributed by atoms with Crippen LogP contribution in [0.2, 0.25) is 0 Å². The van der Waals surface area contributed by atoms with Crippen LogP contribution in [0.3, 0.4) is 0 Å². The van der Waals surface area contributed by atoms with Gasteiger partial charge in [0.1, 0.15) is 0 Å². The lowest BCUT2D eigenvalue weighted by Gasteiger charge is -2.13. The molecule has 0 saturated carbocycles. The molecule has 0 unspecified atom stereocenters. The van der Waals surface area contributed by atoms with E-state index in [1.807, 2.05) is 24.3 Å². The normalized spacial score (nSPS) is 11.7. The first-order chi connectivity index (χ1) is 47.5. The van der Waals surface area contributed by atoms with E-state index >= 15 is 0 Å². The summed E-state index contributed by atoms with van der Waals surface area (Å²) in [6, 6.07) is 119. The predicted molar refractivity (Wildman–Crippen MR) is 395 cm³/mol. The zero-order valence-electron chi connectivity index (χ0n) is 51.8. The van der Waals surface area contributed by atoms with Crippen LogP contribution in [-0.2, 0) is 0 Å². The van der Waals surface area contributed by atoms with Gasteiger partial charge in [-0.05, 0) is 179 Å². The summed E-state index contributed by atoms with van der Waals surface area (Å²) in [5, 5.41) is 19.3. The van der Waals surface area contributed by atoms with Crippen LogP contribution in [0.25, 0.3) is 178 Å². The molecule has 19 rings (SSSR count). The fourth-order valence-electron chi connectivity index (χ4n) is 14.8. The smallest absolute Gasteiger partial charge is 0.164 e. The lowest BCUT2D eigenvalue weighted by Crippen LogP contribution is -2.01. The summed E-state index contributed by atoms with van der Waals surface area (Å²) < 4.78 is 9.45. The molecule has 0 aliphatic carbocycles. The fraction of sp³-hybridized carbons (Fsp3) is 0. The van der Waals surface area contributed by atoms with E-state index in [9.17, 15) is 5.26 Å². The first-order valence-electron chi connectivity index (χ1n) is 32.4. The van der Waals surface area contributed by atoms with E-state index in [1.54, 1.807) is 0 Å². The molecule has 0 aliphatic rings. The number of aromatic nitrogens is 7. The van der Waals surface area contributed by atoms with Crippen LogP contribution in [0.15, 0.2) is 328 Å². The summed E-state index contributed by atoms with van der Waals surface area (Å²) in [4.78, 5) is 15.9. The Morgan fingerprint density at radius 2 is 0.490 bits per heavy atom. The standard InChI is InChI=1S/C88H54N8/c89-55-56-17-15-18-60(49-56)57-33-35-58(36-34-57)86-90-87(59-37-43-68(44-38-59)95-80-31-13-9-27-72(80)76-53-63(41-47-84(76)95)61-39-45-82-74(51-61)70-25-7-11-29-78(70)93(82)66-20-3-1-4-21-66)92-88(91-86)65-19-16-24-69(50-65)96-81-32-14-10-28-73(81)77-54-64(42-48-85(77)96)62-40-46-83-75(52-62)71-26-8-12-30-79(71)94(83)67-22-5-2-6-23-67/h1-54H. The molecule has 8 nitrogen and oxygen atoms in total. The van der Waals surface area contributed by atoms with Gasteiger partial charge in [0, 0.05) is 82.5 Å².